The zero-order chi connectivity index (χ0) is 13.5. The zero-order valence-corrected chi connectivity index (χ0v) is 12.5. The summed E-state index contributed by atoms with van der Waals surface area (Å²) in [5, 5.41) is 5.89. The molecule has 0 saturated heterocycles. The van der Waals surface area contributed by atoms with Crippen molar-refractivity contribution in [3.8, 4) is 11.5 Å². The molecule has 0 bridgehead atoms. The molecule has 0 aliphatic carbocycles. The highest BCUT2D eigenvalue weighted by Crippen LogP contribution is 2.24. The number of rotatable bonds is 6. The summed E-state index contributed by atoms with van der Waals surface area (Å²) >= 11 is 0. The van der Waals surface area contributed by atoms with Crippen LogP contribution in [-0.2, 0) is 0 Å². The maximum absolute atomic E-state index is 12.0. The molecule has 1 unspecified atom stereocenters. The second-order valence-corrected chi connectivity index (χ2v) is 3.97. The van der Waals surface area contributed by atoms with Crippen LogP contribution in [-0.4, -0.2) is 39.8 Å². The quantitative estimate of drug-likeness (QED) is 0.832. The monoisotopic (exact) mass is 288 g/mol. The Labute approximate surface area is 120 Å². The van der Waals surface area contributed by atoms with Gasteiger partial charge in [0.2, 0.25) is 0 Å². The number of carbonyl (C=O) groups is 1. The van der Waals surface area contributed by atoms with Crippen LogP contribution in [0.15, 0.2) is 18.2 Å². The SMILES string of the molecule is CNC(C)CNC(=O)c1ccc(OC)cc1OC.Cl. The summed E-state index contributed by atoms with van der Waals surface area (Å²) in [6.07, 6.45) is 0. The predicted octanol–water partition coefficient (Wildman–Crippen LogP) is 1.46. The van der Waals surface area contributed by atoms with E-state index >= 15 is 0 Å². The second kappa shape index (κ2) is 8.61. The van der Waals surface area contributed by atoms with Crippen LogP contribution in [0.5, 0.6) is 11.5 Å². The number of hydrogen-bond acceptors (Lipinski definition) is 4. The lowest BCUT2D eigenvalue weighted by Crippen LogP contribution is -2.37. The van der Waals surface area contributed by atoms with Crippen LogP contribution in [0.25, 0.3) is 0 Å². The third kappa shape index (κ3) is 4.96. The number of carbonyl (C=O) groups excluding carboxylic acids is 1. The molecule has 2 N–H and O–H groups in total. The van der Waals surface area contributed by atoms with Gasteiger partial charge in [0.15, 0.2) is 0 Å². The Balaban J connectivity index is 0.00000324. The normalized spacial score (nSPS) is 11.2. The average molecular weight is 289 g/mol. The molecule has 1 rings (SSSR count). The predicted molar refractivity (Wildman–Crippen MR) is 77.6 cm³/mol. The van der Waals surface area contributed by atoms with Crippen molar-refractivity contribution < 1.29 is 14.3 Å². The van der Waals surface area contributed by atoms with Crippen LogP contribution in [0.4, 0.5) is 0 Å². The first kappa shape index (κ1) is 17.5. The van der Waals surface area contributed by atoms with E-state index in [2.05, 4.69) is 10.6 Å². The molecule has 0 radical (unpaired) electrons. The van der Waals surface area contributed by atoms with Crippen LogP contribution in [0.1, 0.15) is 17.3 Å². The fourth-order valence-corrected chi connectivity index (χ4v) is 1.43. The Morgan fingerprint density at radius 1 is 1.32 bits per heavy atom. The smallest absolute Gasteiger partial charge is 0.255 e. The third-order valence-corrected chi connectivity index (χ3v) is 2.71. The van der Waals surface area contributed by atoms with Crippen molar-refractivity contribution in [2.45, 2.75) is 13.0 Å². The van der Waals surface area contributed by atoms with E-state index in [0.29, 0.717) is 23.6 Å². The number of amides is 1. The summed E-state index contributed by atoms with van der Waals surface area (Å²) in [4.78, 5) is 12.0. The lowest BCUT2D eigenvalue weighted by molar-refractivity contribution is 0.0947. The van der Waals surface area contributed by atoms with E-state index in [1.165, 1.54) is 7.11 Å². The van der Waals surface area contributed by atoms with Crippen LogP contribution in [0.3, 0.4) is 0 Å². The van der Waals surface area contributed by atoms with Gasteiger partial charge in [-0.2, -0.15) is 0 Å². The molecule has 0 fully saturated rings. The van der Waals surface area contributed by atoms with Crippen LogP contribution >= 0.6 is 12.4 Å². The largest absolute Gasteiger partial charge is 0.497 e. The molecule has 6 heteroatoms. The molecule has 0 saturated carbocycles. The molecule has 1 atom stereocenters. The number of methoxy groups -OCH3 is 2. The number of nitrogens with one attached hydrogen (secondary N) is 2. The average Bonchev–Trinajstić information content (AvgIpc) is 2.43. The Hall–Kier alpha value is -1.46. The van der Waals surface area contributed by atoms with Gasteiger partial charge in [0, 0.05) is 18.7 Å². The molecule has 0 spiro atoms. The van der Waals surface area contributed by atoms with E-state index in [4.69, 9.17) is 9.47 Å². The van der Waals surface area contributed by atoms with Gasteiger partial charge in [-0.05, 0) is 26.1 Å². The van der Waals surface area contributed by atoms with Gasteiger partial charge >= 0.3 is 0 Å². The van der Waals surface area contributed by atoms with Crippen LogP contribution in [0, 0.1) is 0 Å². The van der Waals surface area contributed by atoms with E-state index in [9.17, 15) is 4.79 Å². The van der Waals surface area contributed by atoms with Crippen molar-refractivity contribution in [3.05, 3.63) is 23.8 Å². The maximum Gasteiger partial charge on any atom is 0.255 e. The molecule has 0 aromatic heterocycles. The first-order chi connectivity index (χ1) is 8.62. The van der Waals surface area contributed by atoms with Gasteiger partial charge in [-0.25, -0.2) is 0 Å². The summed E-state index contributed by atoms with van der Waals surface area (Å²) in [5.74, 6) is 1.01. The minimum atomic E-state index is -0.156. The fourth-order valence-electron chi connectivity index (χ4n) is 1.43. The molecule has 0 aliphatic rings. The topological polar surface area (TPSA) is 59.6 Å². The first-order valence-electron chi connectivity index (χ1n) is 5.79. The minimum absolute atomic E-state index is 0. The zero-order valence-electron chi connectivity index (χ0n) is 11.6. The van der Waals surface area contributed by atoms with Crippen molar-refractivity contribution in [2.75, 3.05) is 27.8 Å². The van der Waals surface area contributed by atoms with Gasteiger partial charge in [0.25, 0.3) is 5.91 Å². The van der Waals surface area contributed by atoms with E-state index in [0.717, 1.165) is 0 Å². The first-order valence-corrected chi connectivity index (χ1v) is 5.79. The standard InChI is InChI=1S/C13H20N2O3.ClH/c1-9(14-2)8-15-13(16)11-6-5-10(17-3)7-12(11)18-4;/h5-7,9,14H,8H2,1-4H3,(H,15,16);1H. The summed E-state index contributed by atoms with van der Waals surface area (Å²) < 4.78 is 10.3. The Kier molecular flexibility index (Phi) is 7.95. The van der Waals surface area contributed by atoms with Gasteiger partial charge in [-0.15, -0.1) is 12.4 Å². The molecule has 1 amide bonds. The van der Waals surface area contributed by atoms with Crippen LogP contribution in [0.2, 0.25) is 0 Å². The van der Waals surface area contributed by atoms with E-state index in [-0.39, 0.29) is 24.4 Å². The molecule has 5 nitrogen and oxygen atoms in total. The van der Waals surface area contributed by atoms with Gasteiger partial charge in [-0.1, -0.05) is 0 Å². The highest BCUT2D eigenvalue weighted by Gasteiger charge is 2.13. The van der Waals surface area contributed by atoms with E-state index in [1.54, 1.807) is 25.3 Å². The summed E-state index contributed by atoms with van der Waals surface area (Å²) in [5.41, 5.74) is 0.501. The molecular formula is C13H21ClN2O3. The van der Waals surface area contributed by atoms with Crippen molar-refractivity contribution >= 4 is 18.3 Å². The highest BCUT2D eigenvalue weighted by atomic mass is 35.5. The van der Waals surface area contributed by atoms with Gasteiger partial charge in [-0.3, -0.25) is 4.79 Å². The van der Waals surface area contributed by atoms with Gasteiger partial charge < -0.3 is 20.1 Å². The summed E-state index contributed by atoms with van der Waals surface area (Å²) in [6.45, 7) is 2.55. The van der Waals surface area contributed by atoms with Crippen molar-refractivity contribution in [3.63, 3.8) is 0 Å². The molecular weight excluding hydrogens is 268 g/mol. The van der Waals surface area contributed by atoms with Gasteiger partial charge in [0.1, 0.15) is 11.5 Å². The molecule has 0 heterocycles. The Morgan fingerprint density at radius 2 is 2.00 bits per heavy atom. The lowest BCUT2D eigenvalue weighted by atomic mass is 10.1. The maximum atomic E-state index is 12.0. The number of benzene rings is 1. The number of likely N-dealkylation sites (N-methyl/N-ethyl adjacent to an activating group) is 1. The second-order valence-electron chi connectivity index (χ2n) is 3.97. The minimum Gasteiger partial charge on any atom is -0.497 e. The van der Waals surface area contributed by atoms with Crippen molar-refractivity contribution in [1.82, 2.24) is 10.6 Å². The molecule has 1 aromatic rings. The Morgan fingerprint density at radius 3 is 2.53 bits per heavy atom. The molecule has 108 valence electrons. The molecule has 19 heavy (non-hydrogen) atoms. The van der Waals surface area contributed by atoms with Crippen molar-refractivity contribution in [1.29, 1.82) is 0 Å². The summed E-state index contributed by atoms with van der Waals surface area (Å²) in [7, 11) is 4.95. The fraction of sp³-hybridized carbons (Fsp3) is 0.462. The van der Waals surface area contributed by atoms with E-state index in [1.807, 2.05) is 14.0 Å². The van der Waals surface area contributed by atoms with Gasteiger partial charge in [0.05, 0.1) is 19.8 Å². The Bertz CT molecular complexity index is 413. The number of ether oxygens (including phenoxy) is 2. The molecule has 1 aromatic carbocycles. The third-order valence-electron chi connectivity index (χ3n) is 2.71. The lowest BCUT2D eigenvalue weighted by Gasteiger charge is -2.13. The number of hydrogen-bond donors (Lipinski definition) is 2. The van der Waals surface area contributed by atoms with Crippen molar-refractivity contribution in [2.24, 2.45) is 0 Å². The van der Waals surface area contributed by atoms with E-state index < -0.39 is 0 Å². The summed E-state index contributed by atoms with van der Waals surface area (Å²) in [6, 6.07) is 5.34. The highest BCUT2D eigenvalue weighted by molar-refractivity contribution is 5.97. The number of halogens is 1. The van der Waals surface area contributed by atoms with Crippen LogP contribution < -0.4 is 20.1 Å². The molecule has 0 aliphatic heterocycles.